The van der Waals surface area contributed by atoms with E-state index in [0.29, 0.717) is 18.7 Å². The zero-order valence-electron chi connectivity index (χ0n) is 16.5. The molecule has 5 N–H and O–H groups in total. The molecule has 0 saturated carbocycles. The molecule has 0 radical (unpaired) electrons. The average molecular weight is 427 g/mol. The summed E-state index contributed by atoms with van der Waals surface area (Å²) in [6.45, 7) is 4.40. The number of carbonyl (C=O) groups is 1. The number of nitrogens with zero attached hydrogens (tertiary/aromatic N) is 4. The molecular formula is C20H24N7O2S+. The van der Waals surface area contributed by atoms with E-state index in [1.807, 2.05) is 18.2 Å². The summed E-state index contributed by atoms with van der Waals surface area (Å²) in [6.07, 6.45) is 6.85. The summed E-state index contributed by atoms with van der Waals surface area (Å²) in [5, 5.41) is 6.81. The van der Waals surface area contributed by atoms with Crippen molar-refractivity contribution in [3.8, 4) is 10.4 Å². The number of quaternary nitrogens is 1. The summed E-state index contributed by atoms with van der Waals surface area (Å²) < 4.78 is 5.42. The lowest BCUT2D eigenvalue weighted by Crippen LogP contribution is -2.54. The zero-order valence-corrected chi connectivity index (χ0v) is 17.3. The number of anilines is 3. The number of ether oxygens (including phenoxy) is 1. The van der Waals surface area contributed by atoms with Crippen LogP contribution < -0.4 is 21.3 Å². The maximum atomic E-state index is 12.2. The first-order valence-electron chi connectivity index (χ1n) is 9.77. The first-order valence-corrected chi connectivity index (χ1v) is 10.6. The Morgan fingerprint density at radius 1 is 1.20 bits per heavy atom. The van der Waals surface area contributed by atoms with Crippen LogP contribution in [0.5, 0.6) is 0 Å². The second-order valence-electron chi connectivity index (χ2n) is 6.73. The van der Waals surface area contributed by atoms with Crippen molar-refractivity contribution in [2.45, 2.75) is 0 Å². The van der Waals surface area contributed by atoms with Crippen molar-refractivity contribution in [3.63, 3.8) is 0 Å². The number of rotatable bonds is 7. The number of thiazole rings is 1. The third-order valence-corrected chi connectivity index (χ3v) is 5.57. The minimum absolute atomic E-state index is 0.153. The maximum Gasteiger partial charge on any atom is 0.253 e. The number of carbonyl (C=O) groups excluding carboxylic acids is 1. The van der Waals surface area contributed by atoms with Gasteiger partial charge < -0.3 is 26.0 Å². The van der Waals surface area contributed by atoms with Gasteiger partial charge in [0.15, 0.2) is 5.13 Å². The molecule has 9 nitrogen and oxygen atoms in total. The molecule has 30 heavy (non-hydrogen) atoms. The topological polar surface area (TPSA) is 120 Å². The molecule has 0 spiro atoms. The highest BCUT2D eigenvalue weighted by molar-refractivity contribution is 7.18. The van der Waals surface area contributed by atoms with Gasteiger partial charge in [-0.05, 0) is 12.1 Å². The Morgan fingerprint density at radius 2 is 2.07 bits per heavy atom. The van der Waals surface area contributed by atoms with Crippen molar-refractivity contribution < 1.29 is 15.3 Å². The SMILES string of the molecule is [NH3+]CCNC(=O)c1cncc(-c2cnc(Nc3cc(N4CCOCC4)ccn3)s2)c1. The fourth-order valence-electron chi connectivity index (χ4n) is 3.08. The van der Waals surface area contributed by atoms with Crippen molar-refractivity contribution in [1.82, 2.24) is 20.3 Å². The van der Waals surface area contributed by atoms with Crippen molar-refractivity contribution in [2.24, 2.45) is 0 Å². The molecule has 1 fully saturated rings. The van der Waals surface area contributed by atoms with Crippen LogP contribution in [-0.4, -0.2) is 60.3 Å². The van der Waals surface area contributed by atoms with Gasteiger partial charge in [0, 0.05) is 55.2 Å². The molecule has 3 aromatic heterocycles. The van der Waals surface area contributed by atoms with E-state index in [-0.39, 0.29) is 5.91 Å². The van der Waals surface area contributed by atoms with Gasteiger partial charge in [-0.25, -0.2) is 9.97 Å². The molecule has 1 amide bonds. The average Bonchev–Trinajstić information content (AvgIpc) is 3.27. The van der Waals surface area contributed by atoms with E-state index in [4.69, 9.17) is 4.74 Å². The summed E-state index contributed by atoms with van der Waals surface area (Å²) in [4.78, 5) is 28.4. The second-order valence-corrected chi connectivity index (χ2v) is 7.76. The summed E-state index contributed by atoms with van der Waals surface area (Å²) in [5.41, 5.74) is 6.20. The van der Waals surface area contributed by atoms with Crippen LogP contribution in [-0.2, 0) is 4.74 Å². The Hall–Kier alpha value is -3.08. The van der Waals surface area contributed by atoms with E-state index in [9.17, 15) is 4.79 Å². The third kappa shape index (κ3) is 4.90. The van der Waals surface area contributed by atoms with Crippen molar-refractivity contribution >= 4 is 33.9 Å². The molecule has 4 heterocycles. The van der Waals surface area contributed by atoms with E-state index in [1.54, 1.807) is 24.8 Å². The fraction of sp³-hybridized carbons (Fsp3) is 0.300. The smallest absolute Gasteiger partial charge is 0.253 e. The van der Waals surface area contributed by atoms with Gasteiger partial charge in [-0.15, -0.1) is 0 Å². The zero-order chi connectivity index (χ0) is 20.8. The number of hydrogen-bond acceptors (Lipinski definition) is 8. The molecule has 10 heteroatoms. The lowest BCUT2D eigenvalue weighted by molar-refractivity contribution is -0.364. The normalized spacial score (nSPS) is 13.8. The Labute approximate surface area is 178 Å². The van der Waals surface area contributed by atoms with E-state index in [2.05, 4.69) is 36.2 Å². The molecule has 0 aliphatic carbocycles. The van der Waals surface area contributed by atoms with Crippen LogP contribution in [0, 0.1) is 0 Å². The first-order chi connectivity index (χ1) is 14.7. The number of amides is 1. The van der Waals surface area contributed by atoms with Crippen LogP contribution in [0.3, 0.4) is 0 Å². The van der Waals surface area contributed by atoms with Crippen LogP contribution >= 0.6 is 11.3 Å². The molecule has 1 aliphatic rings. The molecule has 156 valence electrons. The number of hydrogen-bond donors (Lipinski definition) is 3. The van der Waals surface area contributed by atoms with Gasteiger partial charge in [-0.1, -0.05) is 11.3 Å². The Bertz CT molecular complexity index is 1000. The lowest BCUT2D eigenvalue weighted by atomic mass is 10.2. The van der Waals surface area contributed by atoms with E-state index >= 15 is 0 Å². The Morgan fingerprint density at radius 3 is 2.90 bits per heavy atom. The van der Waals surface area contributed by atoms with Gasteiger partial charge in [0.05, 0.1) is 36.7 Å². The fourth-order valence-corrected chi connectivity index (χ4v) is 3.89. The predicted octanol–water partition coefficient (Wildman–Crippen LogP) is 1.15. The minimum Gasteiger partial charge on any atom is -0.378 e. The van der Waals surface area contributed by atoms with Gasteiger partial charge >= 0.3 is 0 Å². The van der Waals surface area contributed by atoms with Crippen LogP contribution in [0.4, 0.5) is 16.6 Å². The summed E-state index contributed by atoms with van der Waals surface area (Å²) in [5.74, 6) is 0.583. The standard InChI is InChI=1S/C20H23N7O2S/c21-2-4-24-19(28)15-9-14(11-22-12-15)17-13-25-20(30-17)26-18-10-16(1-3-23-18)27-5-7-29-8-6-27/h1,3,9-13H,2,4-8,21H2,(H,24,28)(H,23,25,26)/p+1. The maximum absolute atomic E-state index is 12.2. The highest BCUT2D eigenvalue weighted by Gasteiger charge is 2.13. The number of pyridine rings is 2. The van der Waals surface area contributed by atoms with Crippen LogP contribution in [0.1, 0.15) is 10.4 Å². The monoisotopic (exact) mass is 426 g/mol. The van der Waals surface area contributed by atoms with E-state index < -0.39 is 0 Å². The molecule has 1 saturated heterocycles. The quantitative estimate of drug-likeness (QED) is 0.518. The predicted molar refractivity (Wildman–Crippen MR) is 116 cm³/mol. The molecule has 4 rings (SSSR count). The highest BCUT2D eigenvalue weighted by atomic mass is 32.1. The summed E-state index contributed by atoms with van der Waals surface area (Å²) in [7, 11) is 0. The molecule has 3 aromatic rings. The minimum atomic E-state index is -0.153. The summed E-state index contributed by atoms with van der Waals surface area (Å²) in [6, 6.07) is 5.84. The lowest BCUT2D eigenvalue weighted by Gasteiger charge is -2.28. The van der Waals surface area contributed by atoms with Crippen molar-refractivity contribution in [2.75, 3.05) is 49.6 Å². The van der Waals surface area contributed by atoms with Gasteiger partial charge in [0.1, 0.15) is 5.82 Å². The molecule has 0 aromatic carbocycles. The number of nitrogens with one attached hydrogen (secondary N) is 2. The number of morpholine rings is 1. The third-order valence-electron chi connectivity index (χ3n) is 4.61. The molecular weight excluding hydrogens is 402 g/mol. The van der Waals surface area contributed by atoms with Crippen LogP contribution in [0.25, 0.3) is 10.4 Å². The van der Waals surface area contributed by atoms with Gasteiger partial charge in [0.25, 0.3) is 5.91 Å². The van der Waals surface area contributed by atoms with Crippen molar-refractivity contribution in [1.29, 1.82) is 0 Å². The number of aromatic nitrogens is 3. The van der Waals surface area contributed by atoms with Gasteiger partial charge in [-0.2, -0.15) is 0 Å². The van der Waals surface area contributed by atoms with Gasteiger partial charge in [0.2, 0.25) is 0 Å². The molecule has 1 aliphatic heterocycles. The molecule has 0 atom stereocenters. The highest BCUT2D eigenvalue weighted by Crippen LogP contribution is 2.31. The Balaban J connectivity index is 1.46. The second kappa shape index (κ2) is 9.61. The molecule has 0 bridgehead atoms. The van der Waals surface area contributed by atoms with Crippen LogP contribution in [0.15, 0.2) is 43.0 Å². The first kappa shape index (κ1) is 20.2. The molecule has 0 unspecified atom stereocenters. The van der Waals surface area contributed by atoms with Crippen LogP contribution in [0.2, 0.25) is 0 Å². The largest absolute Gasteiger partial charge is 0.378 e. The van der Waals surface area contributed by atoms with E-state index in [1.165, 1.54) is 11.3 Å². The summed E-state index contributed by atoms with van der Waals surface area (Å²) >= 11 is 1.48. The van der Waals surface area contributed by atoms with Gasteiger partial charge in [-0.3, -0.25) is 9.78 Å². The van der Waals surface area contributed by atoms with E-state index in [0.717, 1.165) is 53.4 Å². The Kier molecular flexibility index (Phi) is 6.47. The van der Waals surface area contributed by atoms with Crippen molar-refractivity contribution in [3.05, 3.63) is 48.5 Å².